The molecule has 14 heavy (non-hydrogen) atoms. The Morgan fingerprint density at radius 3 is 2.50 bits per heavy atom. The topological polar surface area (TPSA) is 12.5 Å². The van der Waals surface area contributed by atoms with Crippen LogP contribution in [0.2, 0.25) is 0 Å². The molecule has 1 aliphatic rings. The molecule has 0 spiro atoms. The summed E-state index contributed by atoms with van der Waals surface area (Å²) < 4.78 is 41.7. The summed E-state index contributed by atoms with van der Waals surface area (Å²) in [6.45, 7) is 0.0716. The van der Waals surface area contributed by atoms with Gasteiger partial charge < -0.3 is 4.74 Å². The van der Waals surface area contributed by atoms with Gasteiger partial charge in [0.05, 0.1) is 19.3 Å². The normalized spacial score (nSPS) is 30.1. The number of hydrogen-bond acceptors (Lipinski definition) is 2. The van der Waals surface area contributed by atoms with Crippen molar-refractivity contribution in [2.75, 3.05) is 20.7 Å². The molecular weight excluding hydrogens is 195 g/mol. The first-order valence-corrected chi connectivity index (χ1v) is 4.41. The molecule has 0 aromatic carbocycles. The molecule has 0 unspecified atom stereocenters. The van der Waals surface area contributed by atoms with Gasteiger partial charge in [0.15, 0.2) is 0 Å². The first-order chi connectivity index (χ1) is 6.45. The van der Waals surface area contributed by atoms with Crippen LogP contribution in [-0.4, -0.2) is 37.8 Å². The Hall–Kier alpha value is -0.710. The summed E-state index contributed by atoms with van der Waals surface area (Å²) in [6.07, 6.45) is -0.866. The molecule has 0 saturated carbocycles. The average Bonchev–Trinajstić information content (AvgIpc) is 2.43. The molecule has 82 valence electrons. The molecule has 2 nitrogen and oxygen atoms in total. The molecule has 0 N–H and O–H groups in total. The van der Waals surface area contributed by atoms with Gasteiger partial charge in [0.1, 0.15) is 0 Å². The second-order valence-corrected chi connectivity index (χ2v) is 3.55. The quantitative estimate of drug-likeness (QED) is 0.645. The summed E-state index contributed by atoms with van der Waals surface area (Å²) in [6, 6.07) is -0.165. The van der Waals surface area contributed by atoms with E-state index in [0.29, 0.717) is 0 Å². The maximum atomic E-state index is 12.3. The highest BCUT2D eigenvalue weighted by molar-refractivity contribution is 4.98. The summed E-state index contributed by atoms with van der Waals surface area (Å²) in [5, 5.41) is 0. The summed E-state index contributed by atoms with van der Waals surface area (Å²) in [4.78, 5) is 1.69. The number of rotatable bonds is 2. The van der Waals surface area contributed by atoms with E-state index in [9.17, 15) is 13.2 Å². The molecule has 0 aliphatic carbocycles. The van der Waals surface area contributed by atoms with E-state index < -0.39 is 12.1 Å². The van der Waals surface area contributed by atoms with Crippen LogP contribution in [-0.2, 0) is 4.74 Å². The van der Waals surface area contributed by atoms with Gasteiger partial charge in [-0.15, -0.1) is 0 Å². The van der Waals surface area contributed by atoms with Crippen LogP contribution in [0.15, 0.2) is 12.3 Å². The molecule has 1 fully saturated rings. The van der Waals surface area contributed by atoms with Gasteiger partial charge >= 0.3 is 6.18 Å². The van der Waals surface area contributed by atoms with Gasteiger partial charge in [-0.25, -0.2) is 0 Å². The van der Waals surface area contributed by atoms with E-state index in [1.165, 1.54) is 13.4 Å². The zero-order chi connectivity index (χ0) is 10.8. The standard InChI is InChI=1S/C9H14F3NO/c1-13-6-7(9(10,11)12)5-8(13)3-4-14-2/h3-4,7-8H,5-6H2,1-2H3/b4-3+/t7-,8-/m1/s1. The zero-order valence-electron chi connectivity index (χ0n) is 8.21. The van der Waals surface area contributed by atoms with Gasteiger partial charge in [0.2, 0.25) is 0 Å². The third kappa shape index (κ3) is 2.64. The summed E-state index contributed by atoms with van der Waals surface area (Å²) >= 11 is 0. The van der Waals surface area contributed by atoms with Crippen molar-refractivity contribution < 1.29 is 17.9 Å². The van der Waals surface area contributed by atoms with Crippen molar-refractivity contribution in [3.63, 3.8) is 0 Å². The highest BCUT2D eigenvalue weighted by atomic mass is 19.4. The Morgan fingerprint density at radius 1 is 1.43 bits per heavy atom. The molecule has 1 heterocycles. The van der Waals surface area contributed by atoms with Gasteiger partial charge in [0, 0.05) is 12.6 Å². The monoisotopic (exact) mass is 209 g/mol. The van der Waals surface area contributed by atoms with Gasteiger partial charge in [-0.2, -0.15) is 13.2 Å². The minimum absolute atomic E-state index is 0.0716. The first-order valence-electron chi connectivity index (χ1n) is 4.41. The molecule has 0 aromatic rings. The van der Waals surface area contributed by atoms with Crippen molar-refractivity contribution in [1.82, 2.24) is 4.90 Å². The van der Waals surface area contributed by atoms with E-state index in [4.69, 9.17) is 0 Å². The van der Waals surface area contributed by atoms with E-state index in [-0.39, 0.29) is 19.0 Å². The average molecular weight is 209 g/mol. The van der Waals surface area contributed by atoms with E-state index in [1.54, 1.807) is 18.0 Å². The number of ether oxygens (including phenoxy) is 1. The lowest BCUT2D eigenvalue weighted by Crippen LogP contribution is -2.26. The lowest BCUT2D eigenvalue weighted by molar-refractivity contribution is -0.170. The van der Waals surface area contributed by atoms with Crippen LogP contribution in [0.25, 0.3) is 0 Å². The van der Waals surface area contributed by atoms with Crippen molar-refractivity contribution in [3.05, 3.63) is 12.3 Å². The SMILES string of the molecule is CO/C=C/[C@@H]1C[C@@H](C(F)(F)F)CN1C. The second kappa shape index (κ2) is 4.21. The summed E-state index contributed by atoms with van der Waals surface area (Å²) in [5.41, 5.74) is 0. The predicted octanol–water partition coefficient (Wildman–Crippen LogP) is 2.03. The third-order valence-electron chi connectivity index (χ3n) is 2.50. The Kier molecular flexibility index (Phi) is 3.42. The predicted molar refractivity (Wildman–Crippen MR) is 46.7 cm³/mol. The number of alkyl halides is 3. The Bertz CT molecular complexity index is 215. The highest BCUT2D eigenvalue weighted by Gasteiger charge is 2.45. The fourth-order valence-corrected chi connectivity index (χ4v) is 1.66. The van der Waals surface area contributed by atoms with E-state index in [2.05, 4.69) is 4.74 Å². The Balaban J connectivity index is 2.56. The maximum absolute atomic E-state index is 12.3. The minimum atomic E-state index is -4.08. The van der Waals surface area contributed by atoms with E-state index in [0.717, 1.165) is 0 Å². The van der Waals surface area contributed by atoms with Crippen LogP contribution < -0.4 is 0 Å². The fourth-order valence-electron chi connectivity index (χ4n) is 1.66. The molecule has 1 rings (SSSR count). The van der Waals surface area contributed by atoms with Gasteiger partial charge in [-0.3, -0.25) is 4.90 Å². The summed E-state index contributed by atoms with van der Waals surface area (Å²) in [7, 11) is 3.17. The number of nitrogens with zero attached hydrogens (tertiary/aromatic N) is 1. The van der Waals surface area contributed by atoms with Crippen molar-refractivity contribution in [2.24, 2.45) is 5.92 Å². The maximum Gasteiger partial charge on any atom is 0.393 e. The Morgan fingerprint density at radius 2 is 2.07 bits per heavy atom. The molecule has 0 amide bonds. The molecule has 5 heteroatoms. The van der Waals surface area contributed by atoms with Crippen LogP contribution >= 0.6 is 0 Å². The smallest absolute Gasteiger partial charge is 0.393 e. The van der Waals surface area contributed by atoms with Crippen molar-refractivity contribution >= 4 is 0 Å². The highest BCUT2D eigenvalue weighted by Crippen LogP contribution is 2.36. The second-order valence-electron chi connectivity index (χ2n) is 3.55. The van der Waals surface area contributed by atoms with Crippen LogP contribution in [0.5, 0.6) is 0 Å². The first kappa shape index (κ1) is 11.4. The summed E-state index contributed by atoms with van der Waals surface area (Å²) in [5.74, 6) is -1.21. The molecule has 2 atom stereocenters. The number of likely N-dealkylation sites (tertiary alicyclic amines) is 1. The van der Waals surface area contributed by atoms with E-state index in [1.807, 2.05) is 0 Å². The molecule has 1 aliphatic heterocycles. The zero-order valence-corrected chi connectivity index (χ0v) is 8.21. The van der Waals surface area contributed by atoms with Crippen LogP contribution in [0.1, 0.15) is 6.42 Å². The van der Waals surface area contributed by atoms with Crippen molar-refractivity contribution in [1.29, 1.82) is 0 Å². The van der Waals surface area contributed by atoms with Crippen LogP contribution in [0, 0.1) is 5.92 Å². The molecule has 1 saturated heterocycles. The number of methoxy groups -OCH3 is 1. The largest absolute Gasteiger partial charge is 0.505 e. The Labute approximate surface area is 81.3 Å². The van der Waals surface area contributed by atoms with Crippen molar-refractivity contribution in [3.8, 4) is 0 Å². The lowest BCUT2D eigenvalue weighted by Gasteiger charge is -2.14. The minimum Gasteiger partial charge on any atom is -0.505 e. The van der Waals surface area contributed by atoms with Gasteiger partial charge in [0.25, 0.3) is 0 Å². The lowest BCUT2D eigenvalue weighted by atomic mass is 10.1. The molecular formula is C9H14F3NO. The van der Waals surface area contributed by atoms with Gasteiger partial charge in [-0.1, -0.05) is 0 Å². The van der Waals surface area contributed by atoms with E-state index >= 15 is 0 Å². The fraction of sp³-hybridized carbons (Fsp3) is 0.778. The number of halogens is 3. The van der Waals surface area contributed by atoms with Crippen molar-refractivity contribution in [2.45, 2.75) is 18.6 Å². The molecule has 0 aromatic heterocycles. The molecule has 0 radical (unpaired) electrons. The van der Waals surface area contributed by atoms with Crippen LogP contribution in [0.3, 0.4) is 0 Å². The van der Waals surface area contributed by atoms with Gasteiger partial charge in [-0.05, 0) is 19.5 Å². The molecule has 0 bridgehead atoms. The van der Waals surface area contributed by atoms with Crippen LogP contribution in [0.4, 0.5) is 13.2 Å². The third-order valence-corrected chi connectivity index (χ3v) is 2.50. The number of likely N-dealkylation sites (N-methyl/N-ethyl adjacent to an activating group) is 1. The number of hydrogen-bond donors (Lipinski definition) is 0.